The molecule has 0 unspecified atom stereocenters. The molecule has 0 aliphatic carbocycles. The first-order valence-electron chi connectivity index (χ1n) is 7.79. The number of carbonyl (C=O) groups is 1. The number of para-hydroxylation sites is 1. The maximum atomic E-state index is 11.9. The van der Waals surface area contributed by atoms with Crippen molar-refractivity contribution in [1.29, 1.82) is 0 Å². The lowest BCUT2D eigenvalue weighted by molar-refractivity contribution is 0.215. The molecule has 126 valence electrons. The van der Waals surface area contributed by atoms with Gasteiger partial charge < -0.3 is 15.8 Å². The van der Waals surface area contributed by atoms with Gasteiger partial charge in [0, 0.05) is 6.54 Å². The standard InChI is InChI=1S/C19H18N4O2/c20-18-16(22-19(24)25-15-9-5-2-6-10-15)11-12-17(23-18)21-13-14-7-3-1-4-8-14/h1-12H,13H2,(H,22,24)(H3,20,21,23). The van der Waals surface area contributed by atoms with Crippen LogP contribution in [0.15, 0.2) is 72.8 Å². The van der Waals surface area contributed by atoms with E-state index in [0.29, 0.717) is 23.8 Å². The normalized spacial score (nSPS) is 10.1. The molecule has 6 nitrogen and oxygen atoms in total. The van der Waals surface area contributed by atoms with E-state index in [0.717, 1.165) is 5.56 Å². The maximum absolute atomic E-state index is 11.9. The van der Waals surface area contributed by atoms with Crippen LogP contribution >= 0.6 is 0 Å². The van der Waals surface area contributed by atoms with Crippen LogP contribution in [0.25, 0.3) is 0 Å². The van der Waals surface area contributed by atoms with Crippen LogP contribution in [0, 0.1) is 0 Å². The lowest BCUT2D eigenvalue weighted by Crippen LogP contribution is -2.18. The minimum Gasteiger partial charge on any atom is -0.410 e. The molecule has 0 aliphatic rings. The zero-order chi connectivity index (χ0) is 17.5. The van der Waals surface area contributed by atoms with Gasteiger partial charge in [-0.1, -0.05) is 48.5 Å². The van der Waals surface area contributed by atoms with Gasteiger partial charge in [-0.2, -0.15) is 0 Å². The summed E-state index contributed by atoms with van der Waals surface area (Å²) in [6, 6.07) is 22.2. The Kier molecular flexibility index (Phi) is 5.11. The molecule has 4 N–H and O–H groups in total. The average Bonchev–Trinajstić information content (AvgIpc) is 2.64. The fraction of sp³-hybridized carbons (Fsp3) is 0.0526. The van der Waals surface area contributed by atoms with Crippen molar-refractivity contribution >= 4 is 23.4 Å². The average molecular weight is 334 g/mol. The number of rotatable bonds is 5. The lowest BCUT2D eigenvalue weighted by atomic mass is 10.2. The Morgan fingerprint density at radius 2 is 1.64 bits per heavy atom. The highest BCUT2D eigenvalue weighted by Crippen LogP contribution is 2.20. The SMILES string of the molecule is Nc1nc(NCc2ccccc2)ccc1NC(=O)Oc1ccccc1. The predicted molar refractivity (Wildman–Crippen MR) is 98.5 cm³/mol. The number of nitrogens with two attached hydrogens (primary N) is 1. The number of carbonyl (C=O) groups excluding carboxylic acids is 1. The highest BCUT2D eigenvalue weighted by Gasteiger charge is 2.09. The molecule has 0 saturated carbocycles. The third kappa shape index (κ3) is 4.71. The molecule has 0 bridgehead atoms. The molecule has 0 radical (unpaired) electrons. The van der Waals surface area contributed by atoms with E-state index < -0.39 is 6.09 Å². The summed E-state index contributed by atoms with van der Waals surface area (Å²) in [5, 5.41) is 5.77. The predicted octanol–water partition coefficient (Wildman–Crippen LogP) is 3.89. The van der Waals surface area contributed by atoms with Gasteiger partial charge in [0.2, 0.25) is 0 Å². The number of nitrogens with zero attached hydrogens (tertiary/aromatic N) is 1. The minimum atomic E-state index is -0.621. The van der Waals surface area contributed by atoms with E-state index >= 15 is 0 Å². The summed E-state index contributed by atoms with van der Waals surface area (Å²) < 4.78 is 5.16. The second kappa shape index (κ2) is 7.83. The Morgan fingerprint density at radius 3 is 2.32 bits per heavy atom. The minimum absolute atomic E-state index is 0.211. The first kappa shape index (κ1) is 16.3. The molecule has 1 heterocycles. The van der Waals surface area contributed by atoms with Gasteiger partial charge in [-0.05, 0) is 29.8 Å². The molecule has 0 aliphatic heterocycles. The van der Waals surface area contributed by atoms with Crippen LogP contribution in [0.4, 0.5) is 22.1 Å². The van der Waals surface area contributed by atoms with E-state index in [1.165, 1.54) is 0 Å². The largest absolute Gasteiger partial charge is 0.417 e. The van der Waals surface area contributed by atoms with E-state index in [1.54, 1.807) is 36.4 Å². The summed E-state index contributed by atoms with van der Waals surface area (Å²) in [5.74, 6) is 1.29. The number of ether oxygens (including phenoxy) is 1. The molecule has 6 heteroatoms. The van der Waals surface area contributed by atoms with Crippen molar-refractivity contribution in [3.63, 3.8) is 0 Å². The summed E-state index contributed by atoms with van der Waals surface area (Å²) in [4.78, 5) is 16.1. The van der Waals surface area contributed by atoms with E-state index in [9.17, 15) is 4.79 Å². The van der Waals surface area contributed by atoms with Crippen molar-refractivity contribution in [2.45, 2.75) is 6.54 Å². The van der Waals surface area contributed by atoms with Crippen LogP contribution in [-0.4, -0.2) is 11.1 Å². The van der Waals surface area contributed by atoms with Crippen molar-refractivity contribution in [2.75, 3.05) is 16.4 Å². The fourth-order valence-corrected chi connectivity index (χ4v) is 2.20. The van der Waals surface area contributed by atoms with Gasteiger partial charge >= 0.3 is 6.09 Å². The lowest BCUT2D eigenvalue weighted by Gasteiger charge is -2.11. The van der Waals surface area contributed by atoms with Gasteiger partial charge in [-0.3, -0.25) is 5.32 Å². The molecule has 0 spiro atoms. The Morgan fingerprint density at radius 1 is 0.960 bits per heavy atom. The zero-order valence-corrected chi connectivity index (χ0v) is 13.5. The fourth-order valence-electron chi connectivity index (χ4n) is 2.20. The summed E-state index contributed by atoms with van der Waals surface area (Å²) in [7, 11) is 0. The molecule has 1 aromatic heterocycles. The molecular formula is C19H18N4O2. The topological polar surface area (TPSA) is 89.3 Å². The molecule has 2 aromatic carbocycles. The molecular weight excluding hydrogens is 316 g/mol. The van der Waals surface area contributed by atoms with Gasteiger partial charge in [0.25, 0.3) is 0 Å². The van der Waals surface area contributed by atoms with Crippen LogP contribution in [0.2, 0.25) is 0 Å². The number of aromatic nitrogens is 1. The molecule has 0 atom stereocenters. The van der Waals surface area contributed by atoms with E-state index in [1.807, 2.05) is 36.4 Å². The Bertz CT molecular complexity index is 839. The summed E-state index contributed by atoms with van der Waals surface area (Å²) in [6.45, 7) is 0.635. The number of hydrogen-bond donors (Lipinski definition) is 3. The van der Waals surface area contributed by atoms with Gasteiger partial charge in [0.15, 0.2) is 0 Å². The molecule has 0 saturated heterocycles. The number of amides is 1. The highest BCUT2D eigenvalue weighted by molar-refractivity contribution is 5.89. The Labute approximate surface area is 145 Å². The Balaban J connectivity index is 1.59. The third-order valence-electron chi connectivity index (χ3n) is 3.43. The van der Waals surface area contributed by atoms with Crippen LogP contribution < -0.4 is 21.1 Å². The van der Waals surface area contributed by atoms with Gasteiger partial charge in [0.05, 0.1) is 5.69 Å². The quantitative estimate of drug-likeness (QED) is 0.659. The van der Waals surface area contributed by atoms with Crippen LogP contribution in [0.3, 0.4) is 0 Å². The monoisotopic (exact) mass is 334 g/mol. The van der Waals surface area contributed by atoms with Crippen molar-refractivity contribution in [3.8, 4) is 5.75 Å². The summed E-state index contributed by atoms with van der Waals surface area (Å²) in [5.41, 5.74) is 7.44. The summed E-state index contributed by atoms with van der Waals surface area (Å²) >= 11 is 0. The third-order valence-corrected chi connectivity index (χ3v) is 3.43. The number of benzene rings is 2. The van der Waals surface area contributed by atoms with Crippen LogP contribution in [-0.2, 0) is 6.54 Å². The number of anilines is 3. The second-order valence-electron chi connectivity index (χ2n) is 5.30. The molecule has 25 heavy (non-hydrogen) atoms. The first-order valence-corrected chi connectivity index (χ1v) is 7.79. The van der Waals surface area contributed by atoms with Gasteiger partial charge in [-0.15, -0.1) is 0 Å². The number of pyridine rings is 1. The van der Waals surface area contributed by atoms with Crippen molar-refractivity contribution in [3.05, 3.63) is 78.4 Å². The summed E-state index contributed by atoms with van der Waals surface area (Å²) in [6.07, 6.45) is -0.621. The van der Waals surface area contributed by atoms with Crippen LogP contribution in [0.1, 0.15) is 5.56 Å². The van der Waals surface area contributed by atoms with Crippen molar-refractivity contribution in [2.24, 2.45) is 0 Å². The van der Waals surface area contributed by atoms with E-state index in [-0.39, 0.29) is 5.82 Å². The first-order chi connectivity index (χ1) is 12.2. The van der Waals surface area contributed by atoms with Crippen molar-refractivity contribution < 1.29 is 9.53 Å². The van der Waals surface area contributed by atoms with Gasteiger partial charge in [0.1, 0.15) is 17.4 Å². The highest BCUT2D eigenvalue weighted by atomic mass is 16.6. The molecule has 3 aromatic rings. The number of nitrogen functional groups attached to an aromatic ring is 1. The smallest absolute Gasteiger partial charge is 0.410 e. The molecule has 1 amide bonds. The number of hydrogen-bond acceptors (Lipinski definition) is 5. The molecule has 0 fully saturated rings. The maximum Gasteiger partial charge on any atom is 0.417 e. The second-order valence-corrected chi connectivity index (χ2v) is 5.30. The molecule has 3 rings (SSSR count). The van der Waals surface area contributed by atoms with E-state index in [2.05, 4.69) is 15.6 Å². The number of nitrogens with one attached hydrogen (secondary N) is 2. The van der Waals surface area contributed by atoms with Crippen molar-refractivity contribution in [1.82, 2.24) is 4.98 Å². The van der Waals surface area contributed by atoms with Crippen LogP contribution in [0.5, 0.6) is 5.75 Å². The zero-order valence-electron chi connectivity index (χ0n) is 13.5. The van der Waals surface area contributed by atoms with Gasteiger partial charge in [-0.25, -0.2) is 9.78 Å². The Hall–Kier alpha value is -3.54. The van der Waals surface area contributed by atoms with E-state index in [4.69, 9.17) is 10.5 Å².